The van der Waals surface area contributed by atoms with Crippen molar-refractivity contribution in [2.24, 2.45) is 0 Å². The summed E-state index contributed by atoms with van der Waals surface area (Å²) in [6, 6.07) is 6.93. The highest BCUT2D eigenvalue weighted by Crippen LogP contribution is 2.28. The standard InChI is InChI=1S/C12H8O3/c13-12-4-3-9-6-8-2-1-5-14-10(8)7-11(9)15-12/h1,3-7H,2H2. The van der Waals surface area contributed by atoms with Gasteiger partial charge in [-0.1, -0.05) is 0 Å². The first-order valence-electron chi connectivity index (χ1n) is 4.71. The highest BCUT2D eigenvalue weighted by molar-refractivity contribution is 5.79. The fourth-order valence-electron chi connectivity index (χ4n) is 1.71. The summed E-state index contributed by atoms with van der Waals surface area (Å²) in [6.07, 6.45) is 4.45. The number of fused-ring (bicyclic) bond motifs is 2. The lowest BCUT2D eigenvalue weighted by atomic mass is 10.1. The molecule has 0 saturated carbocycles. The average molecular weight is 200 g/mol. The Morgan fingerprint density at radius 3 is 3.07 bits per heavy atom. The number of ether oxygens (including phenoxy) is 1. The summed E-state index contributed by atoms with van der Waals surface area (Å²) < 4.78 is 10.4. The highest BCUT2D eigenvalue weighted by atomic mass is 16.5. The molecule has 3 nitrogen and oxygen atoms in total. The van der Waals surface area contributed by atoms with Gasteiger partial charge in [0, 0.05) is 17.5 Å². The molecule has 0 N–H and O–H groups in total. The molecule has 0 saturated heterocycles. The first kappa shape index (κ1) is 8.29. The minimum absolute atomic E-state index is 0.339. The molecule has 1 aliphatic rings. The predicted octanol–water partition coefficient (Wildman–Crippen LogP) is 2.24. The molecular formula is C12H8O3. The Bertz CT molecular complexity index is 608. The number of allylic oxidation sites excluding steroid dienone is 1. The third kappa shape index (κ3) is 1.32. The van der Waals surface area contributed by atoms with Crippen molar-refractivity contribution >= 4 is 11.0 Å². The summed E-state index contributed by atoms with van der Waals surface area (Å²) in [6.45, 7) is 0. The van der Waals surface area contributed by atoms with Gasteiger partial charge in [0.2, 0.25) is 0 Å². The molecule has 2 heterocycles. The SMILES string of the molecule is O=c1ccc2cc3c(cc2o1)OC=CC3. The van der Waals surface area contributed by atoms with Crippen LogP contribution in [0.25, 0.3) is 11.0 Å². The van der Waals surface area contributed by atoms with Crippen molar-refractivity contribution in [3.8, 4) is 5.75 Å². The van der Waals surface area contributed by atoms with Gasteiger partial charge < -0.3 is 9.15 Å². The van der Waals surface area contributed by atoms with E-state index in [0.717, 1.165) is 23.1 Å². The van der Waals surface area contributed by atoms with Crippen molar-refractivity contribution in [1.29, 1.82) is 0 Å². The fourth-order valence-corrected chi connectivity index (χ4v) is 1.71. The average Bonchev–Trinajstić information content (AvgIpc) is 2.26. The van der Waals surface area contributed by atoms with Gasteiger partial charge in [-0.2, -0.15) is 0 Å². The van der Waals surface area contributed by atoms with Crippen LogP contribution in [-0.2, 0) is 6.42 Å². The lowest BCUT2D eigenvalue weighted by Crippen LogP contribution is -1.99. The maximum Gasteiger partial charge on any atom is 0.336 e. The van der Waals surface area contributed by atoms with E-state index in [1.54, 1.807) is 18.4 Å². The lowest BCUT2D eigenvalue weighted by molar-refractivity contribution is 0.463. The largest absolute Gasteiger partial charge is 0.465 e. The Hall–Kier alpha value is -2.03. The van der Waals surface area contributed by atoms with E-state index in [0.29, 0.717) is 5.58 Å². The molecule has 1 aliphatic heterocycles. The molecule has 15 heavy (non-hydrogen) atoms. The third-order valence-corrected chi connectivity index (χ3v) is 2.43. The molecule has 2 aromatic rings. The van der Waals surface area contributed by atoms with Gasteiger partial charge in [-0.25, -0.2) is 4.79 Å². The molecular weight excluding hydrogens is 192 g/mol. The number of rotatable bonds is 0. The van der Waals surface area contributed by atoms with Crippen LogP contribution in [0.15, 0.2) is 45.8 Å². The summed E-state index contributed by atoms with van der Waals surface area (Å²) in [5.41, 5.74) is 1.34. The minimum atomic E-state index is -0.339. The first-order valence-corrected chi connectivity index (χ1v) is 4.71. The van der Waals surface area contributed by atoms with E-state index >= 15 is 0 Å². The monoisotopic (exact) mass is 200 g/mol. The van der Waals surface area contributed by atoms with Gasteiger partial charge in [0.05, 0.1) is 6.26 Å². The smallest absolute Gasteiger partial charge is 0.336 e. The van der Waals surface area contributed by atoms with Gasteiger partial charge in [0.1, 0.15) is 11.3 Å². The molecule has 1 aromatic carbocycles. The maximum absolute atomic E-state index is 11.0. The second-order valence-electron chi connectivity index (χ2n) is 3.45. The second kappa shape index (κ2) is 2.98. The van der Waals surface area contributed by atoms with Crippen molar-refractivity contribution < 1.29 is 9.15 Å². The predicted molar refractivity (Wildman–Crippen MR) is 56.0 cm³/mol. The zero-order chi connectivity index (χ0) is 10.3. The van der Waals surface area contributed by atoms with E-state index in [2.05, 4.69) is 0 Å². The molecule has 3 heteroatoms. The Kier molecular flexibility index (Phi) is 1.65. The zero-order valence-corrected chi connectivity index (χ0v) is 7.90. The van der Waals surface area contributed by atoms with E-state index in [1.165, 1.54) is 6.07 Å². The molecule has 0 unspecified atom stereocenters. The van der Waals surface area contributed by atoms with Crippen molar-refractivity contribution in [2.45, 2.75) is 6.42 Å². The van der Waals surface area contributed by atoms with Crippen LogP contribution >= 0.6 is 0 Å². The quantitative estimate of drug-likeness (QED) is 0.612. The molecule has 0 aliphatic carbocycles. The van der Waals surface area contributed by atoms with Crippen LogP contribution in [0, 0.1) is 0 Å². The number of hydrogen-bond acceptors (Lipinski definition) is 3. The Morgan fingerprint density at radius 2 is 2.13 bits per heavy atom. The van der Waals surface area contributed by atoms with Gasteiger partial charge >= 0.3 is 5.63 Å². The minimum Gasteiger partial charge on any atom is -0.465 e. The molecule has 0 bridgehead atoms. The van der Waals surface area contributed by atoms with Gasteiger partial charge in [-0.3, -0.25) is 0 Å². The van der Waals surface area contributed by atoms with Crippen LogP contribution in [0.4, 0.5) is 0 Å². The Balaban J connectivity index is 2.33. The van der Waals surface area contributed by atoms with Gasteiger partial charge in [-0.05, 0) is 30.2 Å². The van der Waals surface area contributed by atoms with E-state index < -0.39 is 0 Å². The van der Waals surface area contributed by atoms with Crippen molar-refractivity contribution in [2.75, 3.05) is 0 Å². The second-order valence-corrected chi connectivity index (χ2v) is 3.45. The van der Waals surface area contributed by atoms with E-state index in [4.69, 9.17) is 9.15 Å². The van der Waals surface area contributed by atoms with E-state index in [9.17, 15) is 4.79 Å². The lowest BCUT2D eigenvalue weighted by Gasteiger charge is -2.11. The molecule has 0 amide bonds. The van der Waals surface area contributed by atoms with Crippen molar-refractivity contribution in [3.05, 3.63) is 52.6 Å². The summed E-state index contributed by atoms with van der Waals surface area (Å²) in [5.74, 6) is 0.763. The van der Waals surface area contributed by atoms with Crippen LogP contribution in [0.5, 0.6) is 5.75 Å². The maximum atomic E-state index is 11.0. The molecule has 0 radical (unpaired) electrons. The Labute approximate surface area is 85.6 Å². The van der Waals surface area contributed by atoms with Crippen molar-refractivity contribution in [1.82, 2.24) is 0 Å². The summed E-state index contributed by atoms with van der Waals surface area (Å²) >= 11 is 0. The first-order chi connectivity index (χ1) is 7.33. The molecule has 3 rings (SSSR count). The van der Waals surface area contributed by atoms with Crippen LogP contribution in [0.2, 0.25) is 0 Å². The molecule has 74 valence electrons. The zero-order valence-electron chi connectivity index (χ0n) is 7.90. The number of benzene rings is 1. The van der Waals surface area contributed by atoms with Crippen LogP contribution in [0.1, 0.15) is 5.56 Å². The molecule has 1 aromatic heterocycles. The van der Waals surface area contributed by atoms with Crippen LogP contribution < -0.4 is 10.4 Å². The summed E-state index contributed by atoms with van der Waals surface area (Å²) in [7, 11) is 0. The van der Waals surface area contributed by atoms with Crippen LogP contribution in [-0.4, -0.2) is 0 Å². The topological polar surface area (TPSA) is 39.4 Å². The molecule has 0 spiro atoms. The van der Waals surface area contributed by atoms with E-state index in [1.807, 2.05) is 12.1 Å². The highest BCUT2D eigenvalue weighted by Gasteiger charge is 2.09. The normalized spacial score (nSPS) is 13.6. The van der Waals surface area contributed by atoms with Crippen LogP contribution in [0.3, 0.4) is 0 Å². The number of hydrogen-bond donors (Lipinski definition) is 0. The Morgan fingerprint density at radius 1 is 1.20 bits per heavy atom. The van der Waals surface area contributed by atoms with Crippen molar-refractivity contribution in [3.63, 3.8) is 0 Å². The van der Waals surface area contributed by atoms with Gasteiger partial charge in [0.15, 0.2) is 0 Å². The summed E-state index contributed by atoms with van der Waals surface area (Å²) in [5, 5.41) is 0.923. The summed E-state index contributed by atoms with van der Waals surface area (Å²) in [4.78, 5) is 11.0. The van der Waals surface area contributed by atoms with Gasteiger partial charge in [0.25, 0.3) is 0 Å². The fraction of sp³-hybridized carbons (Fsp3) is 0.0833. The third-order valence-electron chi connectivity index (χ3n) is 2.43. The molecule has 0 fully saturated rings. The molecule has 0 atom stereocenters. The van der Waals surface area contributed by atoms with E-state index in [-0.39, 0.29) is 5.63 Å². The van der Waals surface area contributed by atoms with Gasteiger partial charge in [-0.15, -0.1) is 0 Å².